The molecule has 0 aromatic heterocycles. The van der Waals surface area contributed by atoms with Gasteiger partial charge in [-0.2, -0.15) is 5.26 Å². The minimum Gasteiger partial charge on any atom is -0.491 e. The van der Waals surface area contributed by atoms with Gasteiger partial charge in [0.1, 0.15) is 18.5 Å². The van der Waals surface area contributed by atoms with Crippen molar-refractivity contribution in [3.8, 4) is 11.8 Å². The summed E-state index contributed by atoms with van der Waals surface area (Å²) in [7, 11) is 0. The van der Waals surface area contributed by atoms with Crippen molar-refractivity contribution in [1.82, 2.24) is 5.32 Å². The van der Waals surface area contributed by atoms with Crippen LogP contribution in [-0.4, -0.2) is 30.4 Å². The zero-order valence-corrected chi connectivity index (χ0v) is 13.0. The molecule has 4 heteroatoms. The van der Waals surface area contributed by atoms with Crippen molar-refractivity contribution in [1.29, 1.82) is 5.26 Å². The minimum atomic E-state index is -0.552. The number of benzene rings is 1. The highest BCUT2D eigenvalue weighted by Crippen LogP contribution is 2.12. The third-order valence-corrected chi connectivity index (χ3v) is 3.35. The summed E-state index contributed by atoms with van der Waals surface area (Å²) in [6, 6.07) is 9.43. The van der Waals surface area contributed by atoms with E-state index in [0.29, 0.717) is 23.9 Å². The Balaban J connectivity index is 2.21. The molecule has 0 spiro atoms. The lowest BCUT2D eigenvalue weighted by atomic mass is 10.1. The van der Waals surface area contributed by atoms with Gasteiger partial charge >= 0.3 is 0 Å². The zero-order chi connectivity index (χ0) is 15.5. The van der Waals surface area contributed by atoms with Gasteiger partial charge in [-0.1, -0.05) is 32.3 Å². The molecule has 2 atom stereocenters. The van der Waals surface area contributed by atoms with E-state index in [1.54, 1.807) is 24.3 Å². The lowest BCUT2D eigenvalue weighted by molar-refractivity contribution is 0.104. The number of hydrogen-bond acceptors (Lipinski definition) is 4. The van der Waals surface area contributed by atoms with E-state index in [-0.39, 0.29) is 6.61 Å². The third-order valence-electron chi connectivity index (χ3n) is 3.35. The van der Waals surface area contributed by atoms with Crippen molar-refractivity contribution in [2.24, 2.45) is 0 Å². The van der Waals surface area contributed by atoms with E-state index in [0.717, 1.165) is 6.42 Å². The summed E-state index contributed by atoms with van der Waals surface area (Å²) >= 11 is 0. The van der Waals surface area contributed by atoms with Crippen LogP contribution in [0, 0.1) is 11.3 Å². The number of hydrogen-bond donors (Lipinski definition) is 2. The highest BCUT2D eigenvalue weighted by Gasteiger charge is 2.08. The maximum atomic E-state index is 9.90. The highest BCUT2D eigenvalue weighted by atomic mass is 16.5. The maximum absolute atomic E-state index is 9.90. The van der Waals surface area contributed by atoms with Crippen molar-refractivity contribution < 1.29 is 9.84 Å². The summed E-state index contributed by atoms with van der Waals surface area (Å²) in [4.78, 5) is 0. The van der Waals surface area contributed by atoms with Crippen molar-refractivity contribution >= 4 is 0 Å². The normalized spacial score (nSPS) is 13.4. The molecule has 21 heavy (non-hydrogen) atoms. The molecule has 0 aliphatic carbocycles. The van der Waals surface area contributed by atoms with Gasteiger partial charge in [0.15, 0.2) is 0 Å². The molecule has 1 aromatic carbocycles. The lowest BCUT2D eigenvalue weighted by Crippen LogP contribution is -2.36. The molecule has 0 aliphatic heterocycles. The molecule has 0 saturated carbocycles. The van der Waals surface area contributed by atoms with Gasteiger partial charge < -0.3 is 15.2 Å². The van der Waals surface area contributed by atoms with Crippen molar-refractivity contribution in [2.45, 2.75) is 51.7 Å². The Morgan fingerprint density at radius 3 is 2.90 bits per heavy atom. The second-order valence-corrected chi connectivity index (χ2v) is 5.41. The average molecular weight is 290 g/mol. The van der Waals surface area contributed by atoms with E-state index in [4.69, 9.17) is 10.00 Å². The molecule has 2 N–H and O–H groups in total. The SMILES string of the molecule is CCCCCC(C)NCC(O)COc1cccc(C#N)c1. The summed E-state index contributed by atoms with van der Waals surface area (Å²) in [6.07, 6.45) is 4.28. The molecule has 0 heterocycles. The van der Waals surface area contributed by atoms with Crippen molar-refractivity contribution in [2.75, 3.05) is 13.2 Å². The second-order valence-electron chi connectivity index (χ2n) is 5.41. The van der Waals surface area contributed by atoms with Crippen LogP contribution < -0.4 is 10.1 Å². The zero-order valence-electron chi connectivity index (χ0n) is 13.0. The van der Waals surface area contributed by atoms with Crippen LogP contribution in [0.4, 0.5) is 0 Å². The Morgan fingerprint density at radius 1 is 1.38 bits per heavy atom. The van der Waals surface area contributed by atoms with Crippen LogP contribution in [0.1, 0.15) is 45.1 Å². The topological polar surface area (TPSA) is 65.3 Å². The Hall–Kier alpha value is -1.57. The predicted octanol–water partition coefficient (Wildman–Crippen LogP) is 2.86. The number of rotatable bonds is 10. The Labute approximate surface area is 127 Å². The van der Waals surface area contributed by atoms with Crippen LogP contribution in [0.2, 0.25) is 0 Å². The molecule has 2 unspecified atom stereocenters. The molecule has 116 valence electrons. The summed E-state index contributed by atoms with van der Waals surface area (Å²) in [5.74, 6) is 0.615. The van der Waals surface area contributed by atoms with Crippen LogP contribution >= 0.6 is 0 Å². The number of unbranched alkanes of at least 4 members (excludes halogenated alkanes) is 2. The fourth-order valence-electron chi connectivity index (χ4n) is 2.05. The monoisotopic (exact) mass is 290 g/mol. The van der Waals surface area contributed by atoms with E-state index in [2.05, 4.69) is 25.2 Å². The smallest absolute Gasteiger partial charge is 0.120 e. The first-order valence-corrected chi connectivity index (χ1v) is 7.70. The molecular weight excluding hydrogens is 264 g/mol. The Morgan fingerprint density at radius 2 is 2.19 bits per heavy atom. The third kappa shape index (κ3) is 7.69. The molecule has 0 fully saturated rings. The molecule has 0 saturated heterocycles. The van der Waals surface area contributed by atoms with Crippen LogP contribution in [0.15, 0.2) is 24.3 Å². The summed E-state index contributed by atoms with van der Waals surface area (Å²) in [5, 5.41) is 22.0. The summed E-state index contributed by atoms with van der Waals surface area (Å²) in [6.45, 7) is 5.08. The minimum absolute atomic E-state index is 0.226. The Bertz CT molecular complexity index is 443. The molecule has 0 aliphatic rings. The van der Waals surface area contributed by atoms with Crippen LogP contribution in [0.5, 0.6) is 5.75 Å². The van der Waals surface area contributed by atoms with E-state index < -0.39 is 6.10 Å². The molecule has 0 radical (unpaired) electrons. The first kappa shape index (κ1) is 17.5. The molecule has 4 nitrogen and oxygen atoms in total. The first-order valence-electron chi connectivity index (χ1n) is 7.70. The maximum Gasteiger partial charge on any atom is 0.120 e. The molecular formula is C17H26N2O2. The average Bonchev–Trinajstić information content (AvgIpc) is 2.51. The van der Waals surface area contributed by atoms with Gasteiger partial charge in [0.2, 0.25) is 0 Å². The van der Waals surface area contributed by atoms with Crippen LogP contribution in [0.25, 0.3) is 0 Å². The van der Waals surface area contributed by atoms with Gasteiger partial charge in [-0.3, -0.25) is 0 Å². The molecule has 0 amide bonds. The van der Waals surface area contributed by atoms with Gasteiger partial charge in [-0.25, -0.2) is 0 Å². The molecule has 0 bridgehead atoms. The largest absolute Gasteiger partial charge is 0.491 e. The van der Waals surface area contributed by atoms with Gasteiger partial charge in [-0.05, 0) is 31.5 Å². The van der Waals surface area contributed by atoms with Gasteiger partial charge in [0.05, 0.1) is 11.6 Å². The van der Waals surface area contributed by atoms with E-state index in [1.165, 1.54) is 19.3 Å². The van der Waals surface area contributed by atoms with Crippen molar-refractivity contribution in [3.63, 3.8) is 0 Å². The highest BCUT2D eigenvalue weighted by molar-refractivity contribution is 5.36. The number of nitrogens with one attached hydrogen (secondary N) is 1. The van der Waals surface area contributed by atoms with E-state index >= 15 is 0 Å². The predicted molar refractivity (Wildman–Crippen MR) is 84.3 cm³/mol. The Kier molecular flexibility index (Phi) is 8.49. The van der Waals surface area contributed by atoms with Gasteiger partial charge in [-0.15, -0.1) is 0 Å². The van der Waals surface area contributed by atoms with Crippen molar-refractivity contribution in [3.05, 3.63) is 29.8 Å². The molecule has 1 aromatic rings. The fraction of sp³-hybridized carbons (Fsp3) is 0.588. The quantitative estimate of drug-likeness (QED) is 0.650. The lowest BCUT2D eigenvalue weighted by Gasteiger charge is -2.17. The second kappa shape index (κ2) is 10.2. The number of nitriles is 1. The first-order chi connectivity index (χ1) is 10.2. The number of nitrogens with zero attached hydrogens (tertiary/aromatic N) is 1. The van der Waals surface area contributed by atoms with Gasteiger partial charge in [0, 0.05) is 12.6 Å². The number of ether oxygens (including phenoxy) is 1. The number of aliphatic hydroxyl groups is 1. The summed E-state index contributed by atoms with van der Waals surface area (Å²) < 4.78 is 5.50. The number of aliphatic hydroxyl groups excluding tert-OH is 1. The van der Waals surface area contributed by atoms with Gasteiger partial charge in [0.25, 0.3) is 0 Å². The standard InChI is InChI=1S/C17H26N2O2/c1-3-4-5-7-14(2)19-12-16(20)13-21-17-9-6-8-15(10-17)11-18/h6,8-10,14,16,19-20H,3-5,7,12-13H2,1-2H3. The summed E-state index contributed by atoms with van der Waals surface area (Å²) in [5.41, 5.74) is 0.560. The molecule has 1 rings (SSSR count). The van der Waals surface area contributed by atoms with Crippen LogP contribution in [-0.2, 0) is 0 Å². The van der Waals surface area contributed by atoms with Crippen LogP contribution in [0.3, 0.4) is 0 Å². The van der Waals surface area contributed by atoms with E-state index in [9.17, 15) is 5.11 Å². The fourth-order valence-corrected chi connectivity index (χ4v) is 2.05. The van der Waals surface area contributed by atoms with E-state index in [1.807, 2.05) is 0 Å².